The van der Waals surface area contributed by atoms with Crippen LogP contribution in [0.3, 0.4) is 0 Å². The molecule has 23 heavy (non-hydrogen) atoms. The maximum atomic E-state index is 12.2. The van der Waals surface area contributed by atoms with Gasteiger partial charge >= 0.3 is 0 Å². The lowest BCUT2D eigenvalue weighted by atomic mass is 10.1. The fourth-order valence-electron chi connectivity index (χ4n) is 2.77. The van der Waals surface area contributed by atoms with Crippen molar-refractivity contribution in [3.63, 3.8) is 0 Å². The van der Waals surface area contributed by atoms with E-state index in [1.165, 1.54) is 4.90 Å². The minimum absolute atomic E-state index is 0.0162. The molecule has 1 fully saturated rings. The standard InChI is InChI=1S/C17H24N2O3S/c1-19(2)17(21)14-7-5-6-13(10-14)11-23(22)12-16(20)18-15-8-3-4-9-15/h5-7,10,15H,3-4,8-9,11-12H2,1-2H3,(H,18,20)/t23-/m0/s1. The quantitative estimate of drug-likeness (QED) is 0.860. The largest absolute Gasteiger partial charge is 0.353 e. The van der Waals surface area contributed by atoms with Crippen LogP contribution in [0.2, 0.25) is 0 Å². The number of benzene rings is 1. The predicted molar refractivity (Wildman–Crippen MR) is 91.6 cm³/mol. The first-order valence-electron chi connectivity index (χ1n) is 7.90. The lowest BCUT2D eigenvalue weighted by Gasteiger charge is -2.12. The molecule has 1 aromatic rings. The highest BCUT2D eigenvalue weighted by Gasteiger charge is 2.18. The van der Waals surface area contributed by atoms with E-state index < -0.39 is 10.8 Å². The third-order valence-electron chi connectivity index (χ3n) is 3.92. The zero-order valence-corrected chi connectivity index (χ0v) is 14.5. The summed E-state index contributed by atoms with van der Waals surface area (Å²) in [6.07, 6.45) is 4.35. The summed E-state index contributed by atoms with van der Waals surface area (Å²) in [5, 5.41) is 2.95. The second-order valence-corrected chi connectivity index (χ2v) is 7.63. The van der Waals surface area contributed by atoms with Gasteiger partial charge in [-0.15, -0.1) is 0 Å². The van der Waals surface area contributed by atoms with E-state index in [9.17, 15) is 13.8 Å². The molecule has 0 radical (unpaired) electrons. The first-order valence-corrected chi connectivity index (χ1v) is 9.39. The van der Waals surface area contributed by atoms with Gasteiger partial charge in [-0.25, -0.2) is 0 Å². The molecule has 0 bridgehead atoms. The van der Waals surface area contributed by atoms with Gasteiger partial charge in [-0.1, -0.05) is 25.0 Å². The Morgan fingerprint density at radius 1 is 1.26 bits per heavy atom. The van der Waals surface area contributed by atoms with Crippen molar-refractivity contribution < 1.29 is 13.8 Å². The normalized spacial score (nSPS) is 16.1. The van der Waals surface area contributed by atoms with Crippen molar-refractivity contribution in [2.45, 2.75) is 37.5 Å². The number of nitrogens with one attached hydrogen (secondary N) is 1. The van der Waals surface area contributed by atoms with Crippen molar-refractivity contribution in [1.82, 2.24) is 10.2 Å². The molecule has 5 nitrogen and oxygen atoms in total. The van der Waals surface area contributed by atoms with E-state index in [4.69, 9.17) is 0 Å². The SMILES string of the molecule is CN(C)C(=O)c1cccc(C[S@](=O)CC(=O)NC2CCCC2)c1. The molecule has 126 valence electrons. The van der Waals surface area contributed by atoms with E-state index >= 15 is 0 Å². The van der Waals surface area contributed by atoms with Gasteiger partial charge in [0, 0.05) is 42.3 Å². The smallest absolute Gasteiger partial charge is 0.253 e. The Hall–Kier alpha value is -1.69. The number of hydrogen-bond donors (Lipinski definition) is 1. The molecule has 6 heteroatoms. The molecule has 0 unspecified atom stereocenters. The molecule has 0 spiro atoms. The Morgan fingerprint density at radius 3 is 2.61 bits per heavy atom. The maximum Gasteiger partial charge on any atom is 0.253 e. The molecular weight excluding hydrogens is 312 g/mol. The first-order chi connectivity index (χ1) is 11.0. The van der Waals surface area contributed by atoms with Crippen LogP contribution in [0.1, 0.15) is 41.6 Å². The zero-order valence-electron chi connectivity index (χ0n) is 13.7. The lowest BCUT2D eigenvalue weighted by Crippen LogP contribution is -2.35. The fraction of sp³-hybridized carbons (Fsp3) is 0.529. The van der Waals surface area contributed by atoms with E-state index in [0.29, 0.717) is 5.56 Å². The van der Waals surface area contributed by atoms with Crippen molar-refractivity contribution in [3.8, 4) is 0 Å². The highest BCUT2D eigenvalue weighted by Crippen LogP contribution is 2.17. The topological polar surface area (TPSA) is 66.5 Å². The second-order valence-electron chi connectivity index (χ2n) is 6.18. The van der Waals surface area contributed by atoms with Crippen LogP contribution in [-0.4, -0.2) is 46.8 Å². The van der Waals surface area contributed by atoms with E-state index in [1.54, 1.807) is 32.3 Å². The van der Waals surface area contributed by atoms with Crippen molar-refractivity contribution in [3.05, 3.63) is 35.4 Å². The molecule has 1 aromatic carbocycles. The van der Waals surface area contributed by atoms with Crippen molar-refractivity contribution >= 4 is 22.6 Å². The van der Waals surface area contributed by atoms with Crippen molar-refractivity contribution in [1.29, 1.82) is 0 Å². The van der Waals surface area contributed by atoms with E-state index in [2.05, 4.69) is 5.32 Å². The monoisotopic (exact) mass is 336 g/mol. The number of amides is 2. The van der Waals surface area contributed by atoms with Gasteiger partial charge in [-0.3, -0.25) is 13.8 Å². The van der Waals surface area contributed by atoms with Crippen molar-refractivity contribution in [2.24, 2.45) is 0 Å². The molecule has 1 saturated carbocycles. The van der Waals surface area contributed by atoms with Gasteiger partial charge < -0.3 is 10.2 Å². The Balaban J connectivity index is 1.88. The van der Waals surface area contributed by atoms with Gasteiger partial charge in [0.2, 0.25) is 5.91 Å². The van der Waals surface area contributed by atoms with E-state index in [-0.39, 0.29) is 29.4 Å². The second kappa shape index (κ2) is 8.24. The summed E-state index contributed by atoms with van der Waals surface area (Å²) < 4.78 is 12.2. The number of rotatable bonds is 6. The van der Waals surface area contributed by atoms with Crippen LogP contribution in [0.25, 0.3) is 0 Å². The minimum atomic E-state index is -1.27. The molecule has 1 N–H and O–H groups in total. The van der Waals surface area contributed by atoms with Crippen molar-refractivity contribution in [2.75, 3.05) is 19.8 Å². The van der Waals surface area contributed by atoms with Crippen LogP contribution in [0.5, 0.6) is 0 Å². The van der Waals surface area contributed by atoms with E-state index in [0.717, 1.165) is 31.2 Å². The number of nitrogens with zero attached hydrogens (tertiary/aromatic N) is 1. The summed E-state index contributed by atoms with van der Waals surface area (Å²) in [6.45, 7) is 0. The maximum absolute atomic E-state index is 12.2. The Kier molecular flexibility index (Phi) is 6.33. The summed E-state index contributed by atoms with van der Waals surface area (Å²) in [6, 6.07) is 7.35. The average Bonchev–Trinajstić information content (AvgIpc) is 2.99. The number of carbonyl (C=O) groups is 2. The molecule has 0 aliphatic heterocycles. The molecule has 2 amide bonds. The molecular formula is C17H24N2O3S. The number of hydrogen-bond acceptors (Lipinski definition) is 3. The van der Waals surface area contributed by atoms with Gasteiger partial charge in [0.25, 0.3) is 5.91 Å². The Bertz CT molecular complexity index is 595. The Labute approximate surface area is 139 Å². The summed E-state index contributed by atoms with van der Waals surface area (Å²) >= 11 is 0. The van der Waals surface area contributed by atoms with Gasteiger partial charge in [0.15, 0.2) is 0 Å². The minimum Gasteiger partial charge on any atom is -0.353 e. The third-order valence-corrected chi connectivity index (χ3v) is 5.16. The molecule has 2 rings (SSSR count). The zero-order chi connectivity index (χ0) is 16.8. The summed E-state index contributed by atoms with van der Waals surface area (Å²) in [7, 11) is 2.12. The van der Waals surface area contributed by atoms with Crippen LogP contribution in [-0.2, 0) is 21.3 Å². The van der Waals surface area contributed by atoms with Crippen LogP contribution in [0, 0.1) is 0 Å². The van der Waals surface area contributed by atoms with Gasteiger partial charge in [0.05, 0.1) is 0 Å². The molecule has 1 aliphatic rings. The fourth-order valence-corrected chi connectivity index (χ4v) is 3.80. The summed E-state index contributed by atoms with van der Waals surface area (Å²) in [4.78, 5) is 25.3. The average molecular weight is 336 g/mol. The highest BCUT2D eigenvalue weighted by molar-refractivity contribution is 7.84. The number of carbonyl (C=O) groups excluding carboxylic acids is 2. The molecule has 1 atom stereocenters. The van der Waals surface area contributed by atoms with Crippen LogP contribution >= 0.6 is 0 Å². The molecule has 0 saturated heterocycles. The predicted octanol–water partition coefficient (Wildman–Crippen LogP) is 1.70. The molecule has 0 heterocycles. The van der Waals surface area contributed by atoms with Crippen LogP contribution in [0.15, 0.2) is 24.3 Å². The Morgan fingerprint density at radius 2 is 1.96 bits per heavy atom. The first kappa shape index (κ1) is 17.7. The summed E-state index contributed by atoms with van der Waals surface area (Å²) in [5.74, 6) is 0.0713. The summed E-state index contributed by atoms with van der Waals surface area (Å²) in [5.41, 5.74) is 1.38. The lowest BCUT2D eigenvalue weighted by molar-refractivity contribution is -0.119. The highest BCUT2D eigenvalue weighted by atomic mass is 32.2. The molecule has 1 aliphatic carbocycles. The third kappa shape index (κ3) is 5.46. The van der Waals surface area contributed by atoms with E-state index in [1.807, 2.05) is 6.07 Å². The van der Waals surface area contributed by atoms with Crippen LogP contribution < -0.4 is 5.32 Å². The van der Waals surface area contributed by atoms with Gasteiger partial charge in [0.1, 0.15) is 5.75 Å². The molecule has 0 aromatic heterocycles. The van der Waals surface area contributed by atoms with Gasteiger partial charge in [-0.05, 0) is 30.5 Å². The van der Waals surface area contributed by atoms with Crippen LogP contribution in [0.4, 0.5) is 0 Å². The van der Waals surface area contributed by atoms with Gasteiger partial charge in [-0.2, -0.15) is 0 Å².